The highest BCUT2D eigenvalue weighted by atomic mass is 16.5. The van der Waals surface area contributed by atoms with Crippen LogP contribution in [0, 0.1) is 5.41 Å². The Morgan fingerprint density at radius 1 is 1.41 bits per heavy atom. The molecular weight excluding hydrogens is 278 g/mol. The van der Waals surface area contributed by atoms with Gasteiger partial charge in [0.25, 0.3) is 0 Å². The Balaban J connectivity index is 1.92. The molecule has 0 spiro atoms. The molecule has 3 atom stereocenters. The Bertz CT molecular complexity index is 514. The van der Waals surface area contributed by atoms with Crippen LogP contribution in [0.15, 0.2) is 30.3 Å². The molecule has 0 saturated heterocycles. The van der Waals surface area contributed by atoms with E-state index in [9.17, 15) is 9.90 Å². The Morgan fingerprint density at radius 3 is 2.59 bits per heavy atom. The SMILES string of the molecule is CCO[C@H]1C[C@](O)(CNC(=O)[C@H](C)c2ccccc2)C1(C)C. The summed E-state index contributed by atoms with van der Waals surface area (Å²) in [6, 6.07) is 9.67. The van der Waals surface area contributed by atoms with Crippen molar-refractivity contribution >= 4 is 5.91 Å². The predicted octanol–water partition coefficient (Wildman–Crippen LogP) is 2.47. The number of nitrogens with one attached hydrogen (secondary N) is 1. The Hall–Kier alpha value is -1.39. The lowest BCUT2D eigenvalue weighted by atomic mass is 9.56. The summed E-state index contributed by atoms with van der Waals surface area (Å²) in [5, 5.41) is 13.6. The zero-order chi connectivity index (χ0) is 16.4. The van der Waals surface area contributed by atoms with Crippen molar-refractivity contribution < 1.29 is 14.6 Å². The fourth-order valence-electron chi connectivity index (χ4n) is 3.04. The maximum atomic E-state index is 12.3. The van der Waals surface area contributed by atoms with Crippen molar-refractivity contribution in [2.75, 3.05) is 13.2 Å². The van der Waals surface area contributed by atoms with Crippen molar-refractivity contribution in [2.45, 2.75) is 51.7 Å². The molecular formula is C18H27NO3. The highest BCUT2D eigenvalue weighted by Crippen LogP contribution is 2.50. The predicted molar refractivity (Wildman–Crippen MR) is 86.6 cm³/mol. The van der Waals surface area contributed by atoms with Crippen molar-refractivity contribution in [3.8, 4) is 0 Å². The number of ether oxygens (including phenoxy) is 1. The lowest BCUT2D eigenvalue weighted by Crippen LogP contribution is -2.68. The van der Waals surface area contributed by atoms with Crippen LogP contribution in [-0.4, -0.2) is 35.9 Å². The molecule has 1 saturated carbocycles. The Labute approximate surface area is 132 Å². The fourth-order valence-corrected chi connectivity index (χ4v) is 3.04. The summed E-state index contributed by atoms with van der Waals surface area (Å²) in [5.74, 6) is -0.286. The summed E-state index contributed by atoms with van der Waals surface area (Å²) in [6.45, 7) is 8.72. The van der Waals surface area contributed by atoms with Crippen molar-refractivity contribution in [3.63, 3.8) is 0 Å². The summed E-state index contributed by atoms with van der Waals surface area (Å²) in [7, 11) is 0. The summed E-state index contributed by atoms with van der Waals surface area (Å²) in [4.78, 5) is 12.3. The second-order valence-electron chi connectivity index (χ2n) is 6.75. The van der Waals surface area contributed by atoms with Gasteiger partial charge in [-0.05, 0) is 19.4 Å². The first-order chi connectivity index (χ1) is 10.3. The van der Waals surface area contributed by atoms with Crippen LogP contribution in [0.25, 0.3) is 0 Å². The van der Waals surface area contributed by atoms with Crippen molar-refractivity contribution in [3.05, 3.63) is 35.9 Å². The Morgan fingerprint density at radius 2 is 2.05 bits per heavy atom. The van der Waals surface area contributed by atoms with Gasteiger partial charge in [0.15, 0.2) is 0 Å². The molecule has 2 rings (SSSR count). The van der Waals surface area contributed by atoms with Gasteiger partial charge < -0.3 is 15.2 Å². The molecule has 1 fully saturated rings. The van der Waals surface area contributed by atoms with Crippen molar-refractivity contribution in [2.24, 2.45) is 5.41 Å². The van der Waals surface area contributed by atoms with Crippen molar-refractivity contribution in [1.82, 2.24) is 5.32 Å². The molecule has 4 nitrogen and oxygen atoms in total. The maximum Gasteiger partial charge on any atom is 0.227 e. The van der Waals surface area contributed by atoms with E-state index in [4.69, 9.17) is 4.74 Å². The van der Waals surface area contributed by atoms with E-state index in [0.717, 1.165) is 5.56 Å². The molecule has 0 radical (unpaired) electrons. The molecule has 1 aliphatic carbocycles. The van der Waals surface area contributed by atoms with Gasteiger partial charge in [-0.1, -0.05) is 44.2 Å². The first-order valence-electron chi connectivity index (χ1n) is 7.98. The number of amides is 1. The zero-order valence-corrected chi connectivity index (χ0v) is 13.9. The molecule has 1 amide bonds. The van der Waals surface area contributed by atoms with E-state index < -0.39 is 5.60 Å². The third-order valence-corrected chi connectivity index (χ3v) is 5.14. The average Bonchev–Trinajstić information content (AvgIpc) is 2.52. The molecule has 0 aliphatic heterocycles. The standard InChI is InChI=1S/C18H27NO3/c1-5-22-15-11-18(21,17(15,3)4)12-19-16(20)13(2)14-9-7-6-8-10-14/h6-10,13,15,21H,5,11-12H2,1-4H3,(H,19,20)/t13-,15+,18+/m1/s1. The molecule has 1 aliphatic rings. The van der Waals surface area contributed by atoms with Gasteiger partial charge in [-0.2, -0.15) is 0 Å². The van der Waals surface area contributed by atoms with Gasteiger partial charge >= 0.3 is 0 Å². The molecule has 0 aromatic heterocycles. The highest BCUT2D eigenvalue weighted by molar-refractivity contribution is 5.83. The molecule has 0 bridgehead atoms. The normalized spacial score (nSPS) is 27.8. The summed E-state index contributed by atoms with van der Waals surface area (Å²) in [6.07, 6.45) is 0.611. The van der Waals surface area contributed by atoms with Crippen LogP contribution in [0.5, 0.6) is 0 Å². The molecule has 0 unspecified atom stereocenters. The zero-order valence-electron chi connectivity index (χ0n) is 13.9. The lowest BCUT2D eigenvalue weighted by Gasteiger charge is -2.58. The third-order valence-electron chi connectivity index (χ3n) is 5.14. The van der Waals surface area contributed by atoms with Gasteiger partial charge in [-0.3, -0.25) is 4.79 Å². The topological polar surface area (TPSA) is 58.6 Å². The number of rotatable bonds is 6. The molecule has 1 aromatic carbocycles. The molecule has 2 N–H and O–H groups in total. The monoisotopic (exact) mass is 305 g/mol. The average molecular weight is 305 g/mol. The minimum Gasteiger partial charge on any atom is -0.387 e. The van der Waals surface area contributed by atoms with E-state index >= 15 is 0 Å². The summed E-state index contributed by atoms with van der Waals surface area (Å²) >= 11 is 0. The van der Waals surface area contributed by atoms with E-state index in [-0.39, 0.29) is 29.9 Å². The van der Waals surface area contributed by atoms with Gasteiger partial charge in [0.1, 0.15) is 0 Å². The van der Waals surface area contributed by atoms with Crippen LogP contribution in [0.3, 0.4) is 0 Å². The Kier molecular flexibility index (Phi) is 4.93. The molecule has 22 heavy (non-hydrogen) atoms. The van der Waals surface area contributed by atoms with Gasteiger partial charge in [-0.15, -0.1) is 0 Å². The second-order valence-corrected chi connectivity index (χ2v) is 6.75. The minimum atomic E-state index is -0.904. The number of aliphatic hydroxyl groups is 1. The van der Waals surface area contributed by atoms with E-state index in [1.54, 1.807) is 0 Å². The smallest absolute Gasteiger partial charge is 0.227 e. The molecule has 4 heteroatoms. The molecule has 122 valence electrons. The largest absolute Gasteiger partial charge is 0.387 e. The summed E-state index contributed by atoms with van der Waals surface area (Å²) < 4.78 is 5.64. The van der Waals surface area contributed by atoms with Crippen molar-refractivity contribution in [1.29, 1.82) is 0 Å². The van der Waals surface area contributed by atoms with Gasteiger partial charge in [-0.25, -0.2) is 0 Å². The van der Waals surface area contributed by atoms with Gasteiger partial charge in [0, 0.05) is 25.0 Å². The van der Waals surface area contributed by atoms with Crippen LogP contribution >= 0.6 is 0 Å². The van der Waals surface area contributed by atoms with E-state index in [0.29, 0.717) is 13.0 Å². The lowest BCUT2D eigenvalue weighted by molar-refractivity contribution is -0.238. The van der Waals surface area contributed by atoms with Gasteiger partial charge in [0.05, 0.1) is 17.6 Å². The first-order valence-corrected chi connectivity index (χ1v) is 7.98. The third kappa shape index (κ3) is 3.03. The number of carbonyl (C=O) groups is 1. The minimum absolute atomic E-state index is 0.0472. The fraction of sp³-hybridized carbons (Fsp3) is 0.611. The number of benzene rings is 1. The van der Waals surface area contributed by atoms with Crippen LogP contribution < -0.4 is 5.32 Å². The summed E-state index contributed by atoms with van der Waals surface area (Å²) in [5.41, 5.74) is -0.280. The number of carbonyl (C=O) groups excluding carboxylic acids is 1. The highest BCUT2D eigenvalue weighted by Gasteiger charge is 2.59. The van der Waals surface area contributed by atoms with Crippen LogP contribution in [0.2, 0.25) is 0 Å². The van der Waals surface area contributed by atoms with Crippen LogP contribution in [-0.2, 0) is 9.53 Å². The van der Waals surface area contributed by atoms with E-state index in [1.807, 2.05) is 58.0 Å². The number of hydrogen-bond donors (Lipinski definition) is 2. The van der Waals surface area contributed by atoms with Crippen LogP contribution in [0.1, 0.15) is 45.6 Å². The first kappa shape index (κ1) is 17.0. The number of hydrogen-bond acceptors (Lipinski definition) is 3. The maximum absolute atomic E-state index is 12.3. The van der Waals surface area contributed by atoms with Crippen LogP contribution in [0.4, 0.5) is 0 Å². The quantitative estimate of drug-likeness (QED) is 0.849. The van der Waals surface area contributed by atoms with E-state index in [1.165, 1.54) is 0 Å². The second kappa shape index (κ2) is 6.39. The molecule has 1 aromatic rings. The van der Waals surface area contributed by atoms with E-state index in [2.05, 4.69) is 5.32 Å². The van der Waals surface area contributed by atoms with Gasteiger partial charge in [0.2, 0.25) is 5.91 Å². The molecule has 0 heterocycles.